The summed E-state index contributed by atoms with van der Waals surface area (Å²) in [6.07, 6.45) is 5.05. The van der Waals surface area contributed by atoms with E-state index in [0.717, 1.165) is 53.0 Å². The van der Waals surface area contributed by atoms with Crippen molar-refractivity contribution in [2.24, 2.45) is 0 Å². The molecule has 34 heavy (non-hydrogen) atoms. The third-order valence-corrected chi connectivity index (χ3v) is 9.33. The van der Waals surface area contributed by atoms with Crippen LogP contribution in [-0.2, 0) is 27.7 Å². The Morgan fingerprint density at radius 3 is 2.68 bits per heavy atom. The van der Waals surface area contributed by atoms with Gasteiger partial charge in [0.1, 0.15) is 15.2 Å². The molecule has 2 aromatic heterocycles. The summed E-state index contributed by atoms with van der Waals surface area (Å²) in [6.45, 7) is 0.336. The van der Waals surface area contributed by atoms with Crippen LogP contribution in [0.2, 0.25) is 19.4 Å². The molecule has 0 fully saturated rings. The lowest BCUT2D eigenvalue weighted by Gasteiger charge is -2.18. The predicted octanol–water partition coefficient (Wildman–Crippen LogP) is 6.44. The topological polar surface area (TPSA) is 90.3 Å². The molecule has 1 amide bonds. The number of hydrogen-bond donors (Lipinski definition) is 1. The summed E-state index contributed by atoms with van der Waals surface area (Å²) in [5.41, 5.74) is 3.85. The first-order chi connectivity index (χ1) is 16.1. The number of amides is 1. The van der Waals surface area contributed by atoms with Crippen molar-refractivity contribution in [1.29, 1.82) is 0 Å². The molecule has 2 heterocycles. The van der Waals surface area contributed by atoms with Crippen molar-refractivity contribution < 1.29 is 17.9 Å². The number of halogens is 4. The Balaban J connectivity index is 1.45. The Morgan fingerprint density at radius 2 is 1.97 bits per heavy atom. The number of ether oxygens (including phenoxy) is 1. The fraction of sp³-hybridized carbons (Fsp3) is 0.238. The second-order valence-corrected chi connectivity index (χ2v) is 12.2. The average Bonchev–Trinajstić information content (AvgIpc) is 3.34. The Bertz CT molecular complexity index is 1360. The highest BCUT2D eigenvalue weighted by Crippen LogP contribution is 2.34. The van der Waals surface area contributed by atoms with Crippen LogP contribution in [0.5, 0.6) is 0 Å². The van der Waals surface area contributed by atoms with E-state index >= 15 is 0 Å². The molecule has 0 spiro atoms. The Labute approximate surface area is 220 Å². The van der Waals surface area contributed by atoms with Crippen molar-refractivity contribution in [2.45, 2.75) is 30.0 Å². The predicted molar refractivity (Wildman–Crippen MR) is 135 cm³/mol. The molecule has 1 aliphatic rings. The molecule has 4 rings (SSSR count). The maximum absolute atomic E-state index is 12.3. The minimum atomic E-state index is -4.14. The minimum absolute atomic E-state index is 0.0924. The molecule has 180 valence electrons. The molecule has 0 radical (unpaired) electrons. The zero-order valence-corrected chi connectivity index (χ0v) is 22.0. The average molecular weight is 581 g/mol. The summed E-state index contributed by atoms with van der Waals surface area (Å²) in [4.78, 5) is 12.1. The molecule has 1 aromatic carbocycles. The number of allylic oxidation sites excluding steroid dienone is 1. The van der Waals surface area contributed by atoms with E-state index in [1.807, 2.05) is 21.7 Å². The van der Waals surface area contributed by atoms with Crippen LogP contribution in [0.25, 0.3) is 5.57 Å². The maximum Gasteiger partial charge on any atom is 0.421 e. The van der Waals surface area contributed by atoms with E-state index in [0.29, 0.717) is 16.6 Å². The van der Waals surface area contributed by atoms with Gasteiger partial charge in [0, 0.05) is 10.0 Å². The standard InChI is InChI=1S/C21H17Cl4N3O4S2/c22-15-5-4-14(16(23)8-15)11-28-19-12(2-1-3-13(19)10-26-28)6-7-32-21(29)27-34(30,31)18-9-17(24)20(25)33-18/h4-6,8-10H,1-3,7,11H2,(H,27,29)/b12-6+. The fourth-order valence-electron chi connectivity index (χ4n) is 3.56. The van der Waals surface area contributed by atoms with E-state index in [1.165, 1.54) is 6.07 Å². The fourth-order valence-corrected chi connectivity index (χ4v) is 6.80. The van der Waals surface area contributed by atoms with E-state index in [-0.39, 0.29) is 20.2 Å². The van der Waals surface area contributed by atoms with Gasteiger partial charge in [-0.2, -0.15) is 5.10 Å². The number of carbonyl (C=O) groups is 1. The molecule has 7 nitrogen and oxygen atoms in total. The number of rotatable bonds is 6. The van der Waals surface area contributed by atoms with Crippen LogP contribution < -0.4 is 4.72 Å². The van der Waals surface area contributed by atoms with Gasteiger partial charge < -0.3 is 4.74 Å². The van der Waals surface area contributed by atoms with E-state index in [2.05, 4.69) is 5.10 Å². The SMILES string of the molecule is O=C(NS(=O)(=O)c1cc(Cl)c(Cl)s1)OC/C=C1\CCCc2cnn(Cc3ccc(Cl)cc3Cl)c21. The van der Waals surface area contributed by atoms with Crippen LogP contribution >= 0.6 is 57.7 Å². The highest BCUT2D eigenvalue weighted by Gasteiger charge is 2.23. The van der Waals surface area contributed by atoms with Gasteiger partial charge in [-0.15, -0.1) is 11.3 Å². The van der Waals surface area contributed by atoms with Crippen LogP contribution in [0.4, 0.5) is 4.79 Å². The molecule has 1 aliphatic carbocycles. The largest absolute Gasteiger partial charge is 0.445 e. The van der Waals surface area contributed by atoms with Gasteiger partial charge in [0.25, 0.3) is 10.0 Å². The zero-order chi connectivity index (χ0) is 24.5. The van der Waals surface area contributed by atoms with E-state index in [9.17, 15) is 13.2 Å². The van der Waals surface area contributed by atoms with Crippen LogP contribution in [0.15, 0.2) is 40.7 Å². The lowest BCUT2D eigenvalue weighted by molar-refractivity contribution is 0.165. The van der Waals surface area contributed by atoms with E-state index < -0.39 is 16.1 Å². The molecule has 3 aromatic rings. The number of carbonyl (C=O) groups excluding carboxylic acids is 1. The van der Waals surface area contributed by atoms with Crippen molar-refractivity contribution >= 4 is 79.4 Å². The van der Waals surface area contributed by atoms with Crippen LogP contribution in [0.3, 0.4) is 0 Å². The van der Waals surface area contributed by atoms with Gasteiger partial charge in [0.05, 0.1) is 23.5 Å². The van der Waals surface area contributed by atoms with Gasteiger partial charge in [-0.05, 0) is 60.2 Å². The van der Waals surface area contributed by atoms with Crippen molar-refractivity contribution in [3.63, 3.8) is 0 Å². The number of aromatic nitrogens is 2. The highest BCUT2D eigenvalue weighted by molar-refractivity contribution is 7.92. The van der Waals surface area contributed by atoms with Crippen molar-refractivity contribution in [1.82, 2.24) is 14.5 Å². The molecule has 0 unspecified atom stereocenters. The maximum atomic E-state index is 12.3. The number of nitrogens with one attached hydrogen (secondary N) is 1. The Kier molecular flexibility index (Phi) is 7.81. The minimum Gasteiger partial charge on any atom is -0.445 e. The van der Waals surface area contributed by atoms with Crippen molar-refractivity contribution in [2.75, 3.05) is 6.61 Å². The molecule has 0 atom stereocenters. The lowest BCUT2D eigenvalue weighted by Crippen LogP contribution is -2.30. The van der Waals surface area contributed by atoms with E-state index in [1.54, 1.807) is 18.2 Å². The van der Waals surface area contributed by atoms with Crippen molar-refractivity contribution in [3.8, 4) is 0 Å². The first kappa shape index (κ1) is 25.3. The normalized spacial score (nSPS) is 14.8. The summed E-state index contributed by atoms with van der Waals surface area (Å²) in [5.74, 6) is 0. The first-order valence-electron chi connectivity index (χ1n) is 9.96. The van der Waals surface area contributed by atoms with E-state index in [4.69, 9.17) is 51.1 Å². The second-order valence-electron chi connectivity index (χ2n) is 7.39. The summed E-state index contributed by atoms with van der Waals surface area (Å²) in [7, 11) is -4.14. The third kappa shape index (κ3) is 5.72. The summed E-state index contributed by atoms with van der Waals surface area (Å²) in [6, 6.07) is 6.48. The molecule has 13 heteroatoms. The van der Waals surface area contributed by atoms with Gasteiger partial charge in [-0.3, -0.25) is 4.68 Å². The number of sulfonamides is 1. The van der Waals surface area contributed by atoms with Gasteiger partial charge in [-0.1, -0.05) is 52.5 Å². The zero-order valence-electron chi connectivity index (χ0n) is 17.4. The number of thiophene rings is 1. The summed E-state index contributed by atoms with van der Waals surface area (Å²) < 4.78 is 33.3. The number of aryl methyl sites for hydroxylation is 1. The number of nitrogens with zero attached hydrogens (tertiary/aromatic N) is 2. The molecule has 0 saturated carbocycles. The molecule has 0 bridgehead atoms. The lowest BCUT2D eigenvalue weighted by atomic mass is 9.92. The Morgan fingerprint density at radius 1 is 1.18 bits per heavy atom. The van der Waals surface area contributed by atoms with Gasteiger partial charge >= 0.3 is 6.09 Å². The van der Waals surface area contributed by atoms with Gasteiger partial charge in [0.2, 0.25) is 0 Å². The third-order valence-electron chi connectivity index (χ3n) is 5.10. The number of hydrogen-bond acceptors (Lipinski definition) is 6. The quantitative estimate of drug-likeness (QED) is 0.362. The smallest absolute Gasteiger partial charge is 0.421 e. The molecular weight excluding hydrogens is 564 g/mol. The summed E-state index contributed by atoms with van der Waals surface area (Å²) >= 11 is 24.7. The monoisotopic (exact) mass is 579 g/mol. The van der Waals surface area contributed by atoms with Crippen LogP contribution in [-0.4, -0.2) is 30.9 Å². The second kappa shape index (κ2) is 10.5. The number of benzene rings is 1. The molecule has 0 saturated heterocycles. The first-order valence-corrected chi connectivity index (χ1v) is 13.8. The van der Waals surface area contributed by atoms with Crippen molar-refractivity contribution in [3.05, 3.63) is 72.8 Å². The number of fused-ring (bicyclic) bond motifs is 1. The molecule has 0 aliphatic heterocycles. The van der Waals surface area contributed by atoms with Crippen LogP contribution in [0, 0.1) is 0 Å². The summed E-state index contributed by atoms with van der Waals surface area (Å²) in [5, 5.41) is 5.70. The Hall–Kier alpha value is -1.75. The van der Waals surface area contributed by atoms with Gasteiger partial charge in [0.15, 0.2) is 0 Å². The van der Waals surface area contributed by atoms with Gasteiger partial charge in [-0.25, -0.2) is 17.9 Å². The molecular formula is C21H17Cl4N3O4S2. The highest BCUT2D eigenvalue weighted by atomic mass is 35.5. The van der Waals surface area contributed by atoms with Crippen LogP contribution in [0.1, 0.15) is 29.7 Å². The molecule has 1 N–H and O–H groups in total.